The van der Waals surface area contributed by atoms with Crippen LogP contribution in [0.3, 0.4) is 0 Å². The fourth-order valence-electron chi connectivity index (χ4n) is 2.98. The molecule has 3 heterocycles. The van der Waals surface area contributed by atoms with Crippen LogP contribution >= 0.6 is 0 Å². The number of carbonyl (C=O) groups is 1. The van der Waals surface area contributed by atoms with Crippen molar-refractivity contribution in [3.8, 4) is 17.0 Å². The lowest BCUT2D eigenvalue weighted by atomic mass is 10.1. The molecule has 4 rings (SSSR count). The van der Waals surface area contributed by atoms with Crippen LogP contribution in [0.1, 0.15) is 21.9 Å². The van der Waals surface area contributed by atoms with Gasteiger partial charge in [0.05, 0.1) is 24.1 Å². The number of furan rings is 1. The van der Waals surface area contributed by atoms with E-state index in [0.29, 0.717) is 34.3 Å². The number of amides is 1. The molecule has 0 aliphatic rings. The highest BCUT2D eigenvalue weighted by atomic mass is 16.5. The molecule has 0 radical (unpaired) electrons. The molecule has 27 heavy (non-hydrogen) atoms. The van der Waals surface area contributed by atoms with E-state index in [4.69, 9.17) is 9.15 Å². The normalized spacial score (nSPS) is 10.9. The van der Waals surface area contributed by atoms with Crippen molar-refractivity contribution in [3.63, 3.8) is 0 Å². The Kier molecular flexibility index (Phi) is 4.12. The lowest BCUT2D eigenvalue weighted by Gasteiger charge is -2.11. The van der Waals surface area contributed by atoms with Crippen LogP contribution in [-0.4, -0.2) is 27.4 Å². The highest BCUT2D eigenvalue weighted by molar-refractivity contribution is 6.06. The van der Waals surface area contributed by atoms with Gasteiger partial charge in [-0.25, -0.2) is 9.97 Å². The Hall–Kier alpha value is -3.61. The van der Waals surface area contributed by atoms with E-state index < -0.39 is 0 Å². The number of methoxy groups -OCH3 is 1. The number of aromatic nitrogens is 3. The first-order valence-corrected chi connectivity index (χ1v) is 8.41. The predicted octanol–water partition coefficient (Wildman–Crippen LogP) is 3.87. The van der Waals surface area contributed by atoms with Crippen LogP contribution in [0.4, 0.5) is 5.69 Å². The standard InChI is InChI=1S/C20H18N4O3/c1-12-9-15(13(2)27-12)19(25)22-16-10-14(5-6-18(16)26-3)17-11-24-8-4-7-21-20(24)23-17/h4-11H,1-3H3,(H,22,25). The van der Waals surface area contributed by atoms with Crippen LogP contribution in [0.15, 0.2) is 53.3 Å². The Morgan fingerprint density at radius 2 is 2.11 bits per heavy atom. The second-order valence-electron chi connectivity index (χ2n) is 6.15. The number of aryl methyl sites for hydroxylation is 2. The molecule has 7 nitrogen and oxygen atoms in total. The summed E-state index contributed by atoms with van der Waals surface area (Å²) in [4.78, 5) is 21.4. The van der Waals surface area contributed by atoms with Gasteiger partial charge in [0.2, 0.25) is 5.78 Å². The Bertz CT molecular complexity index is 1110. The molecule has 0 saturated heterocycles. The van der Waals surface area contributed by atoms with E-state index in [0.717, 1.165) is 11.3 Å². The lowest BCUT2D eigenvalue weighted by Crippen LogP contribution is -2.13. The molecule has 1 amide bonds. The number of fused-ring (bicyclic) bond motifs is 1. The molecule has 0 saturated carbocycles. The van der Waals surface area contributed by atoms with Crippen LogP contribution in [0.25, 0.3) is 17.0 Å². The van der Waals surface area contributed by atoms with Gasteiger partial charge in [0.1, 0.15) is 17.3 Å². The smallest absolute Gasteiger partial charge is 0.259 e. The number of nitrogens with one attached hydrogen (secondary N) is 1. The number of imidazole rings is 1. The predicted molar refractivity (Wildman–Crippen MR) is 101 cm³/mol. The molecular weight excluding hydrogens is 344 g/mol. The Morgan fingerprint density at radius 1 is 1.26 bits per heavy atom. The van der Waals surface area contributed by atoms with Gasteiger partial charge in [-0.1, -0.05) is 0 Å². The average Bonchev–Trinajstić information content (AvgIpc) is 3.24. The summed E-state index contributed by atoms with van der Waals surface area (Å²) in [5, 5.41) is 2.90. The minimum Gasteiger partial charge on any atom is -0.495 e. The van der Waals surface area contributed by atoms with Gasteiger partial charge in [-0.3, -0.25) is 9.20 Å². The van der Waals surface area contributed by atoms with Crippen molar-refractivity contribution in [2.75, 3.05) is 12.4 Å². The van der Waals surface area contributed by atoms with Gasteiger partial charge in [0, 0.05) is 24.2 Å². The highest BCUT2D eigenvalue weighted by Crippen LogP contribution is 2.31. The zero-order chi connectivity index (χ0) is 19.0. The third-order valence-corrected chi connectivity index (χ3v) is 4.26. The molecule has 1 aromatic carbocycles. The third kappa shape index (κ3) is 3.15. The molecule has 0 aliphatic carbocycles. The van der Waals surface area contributed by atoms with E-state index in [-0.39, 0.29) is 5.91 Å². The fraction of sp³-hybridized carbons (Fsp3) is 0.150. The van der Waals surface area contributed by atoms with Gasteiger partial charge in [0.25, 0.3) is 5.91 Å². The molecule has 136 valence electrons. The molecule has 3 aromatic heterocycles. The van der Waals surface area contributed by atoms with Gasteiger partial charge in [0.15, 0.2) is 0 Å². The first kappa shape index (κ1) is 16.8. The van der Waals surface area contributed by atoms with E-state index in [1.807, 2.05) is 41.9 Å². The summed E-state index contributed by atoms with van der Waals surface area (Å²) in [7, 11) is 1.56. The van der Waals surface area contributed by atoms with Crippen molar-refractivity contribution in [1.82, 2.24) is 14.4 Å². The van der Waals surface area contributed by atoms with Crippen LogP contribution in [0, 0.1) is 13.8 Å². The molecular formula is C20H18N4O3. The third-order valence-electron chi connectivity index (χ3n) is 4.26. The molecule has 0 fully saturated rings. The quantitative estimate of drug-likeness (QED) is 0.596. The van der Waals surface area contributed by atoms with E-state index in [2.05, 4.69) is 15.3 Å². The number of ether oxygens (including phenoxy) is 1. The Balaban J connectivity index is 1.70. The largest absolute Gasteiger partial charge is 0.495 e. The van der Waals surface area contributed by atoms with Crippen molar-refractivity contribution in [2.24, 2.45) is 0 Å². The zero-order valence-electron chi connectivity index (χ0n) is 15.2. The molecule has 1 N–H and O–H groups in total. The van der Waals surface area contributed by atoms with Gasteiger partial charge in [-0.2, -0.15) is 0 Å². The maximum absolute atomic E-state index is 12.6. The van der Waals surface area contributed by atoms with Gasteiger partial charge < -0.3 is 14.5 Å². The maximum atomic E-state index is 12.6. The van der Waals surface area contributed by atoms with E-state index >= 15 is 0 Å². The minimum atomic E-state index is -0.253. The molecule has 0 spiro atoms. The van der Waals surface area contributed by atoms with Gasteiger partial charge in [-0.15, -0.1) is 0 Å². The molecule has 4 aromatic rings. The monoisotopic (exact) mass is 362 g/mol. The number of benzene rings is 1. The van der Waals surface area contributed by atoms with Crippen LogP contribution < -0.4 is 10.1 Å². The number of hydrogen-bond donors (Lipinski definition) is 1. The van der Waals surface area contributed by atoms with E-state index in [1.54, 1.807) is 32.4 Å². The highest BCUT2D eigenvalue weighted by Gasteiger charge is 2.16. The lowest BCUT2D eigenvalue weighted by molar-refractivity contribution is 0.102. The fourth-order valence-corrected chi connectivity index (χ4v) is 2.98. The molecule has 0 bridgehead atoms. The summed E-state index contributed by atoms with van der Waals surface area (Å²) < 4.78 is 12.7. The maximum Gasteiger partial charge on any atom is 0.259 e. The summed E-state index contributed by atoms with van der Waals surface area (Å²) >= 11 is 0. The summed E-state index contributed by atoms with van der Waals surface area (Å²) in [5.41, 5.74) is 2.65. The summed E-state index contributed by atoms with van der Waals surface area (Å²) in [6.45, 7) is 3.57. The second-order valence-corrected chi connectivity index (χ2v) is 6.15. The molecule has 0 unspecified atom stereocenters. The SMILES string of the molecule is COc1ccc(-c2cn3cccnc3n2)cc1NC(=O)c1cc(C)oc1C. The second kappa shape index (κ2) is 6.60. The first-order valence-electron chi connectivity index (χ1n) is 8.41. The Labute approximate surface area is 155 Å². The van der Waals surface area contributed by atoms with Crippen molar-refractivity contribution in [3.05, 3.63) is 66.0 Å². The van der Waals surface area contributed by atoms with Crippen molar-refractivity contribution in [2.45, 2.75) is 13.8 Å². The molecule has 0 atom stereocenters. The Morgan fingerprint density at radius 3 is 2.81 bits per heavy atom. The number of anilines is 1. The van der Waals surface area contributed by atoms with Crippen LogP contribution in [0.2, 0.25) is 0 Å². The van der Waals surface area contributed by atoms with E-state index in [9.17, 15) is 4.79 Å². The first-order chi connectivity index (χ1) is 13.0. The summed E-state index contributed by atoms with van der Waals surface area (Å²) in [6.07, 6.45) is 5.47. The number of nitrogens with zero attached hydrogens (tertiary/aromatic N) is 3. The van der Waals surface area contributed by atoms with Crippen LogP contribution in [0.5, 0.6) is 5.75 Å². The number of carbonyl (C=O) groups excluding carboxylic acids is 1. The number of rotatable bonds is 4. The van der Waals surface area contributed by atoms with Crippen molar-refractivity contribution in [1.29, 1.82) is 0 Å². The van der Waals surface area contributed by atoms with Crippen LogP contribution in [-0.2, 0) is 0 Å². The van der Waals surface area contributed by atoms with Crippen molar-refractivity contribution < 1.29 is 13.9 Å². The topological polar surface area (TPSA) is 81.7 Å². The molecule has 0 aliphatic heterocycles. The van der Waals surface area contributed by atoms with Crippen molar-refractivity contribution >= 4 is 17.4 Å². The number of hydrogen-bond acceptors (Lipinski definition) is 5. The summed E-state index contributed by atoms with van der Waals surface area (Å²) in [6, 6.07) is 9.09. The van der Waals surface area contributed by atoms with Gasteiger partial charge >= 0.3 is 0 Å². The van der Waals surface area contributed by atoms with E-state index in [1.165, 1.54) is 0 Å². The summed E-state index contributed by atoms with van der Waals surface area (Å²) in [5.74, 6) is 2.18. The molecule has 7 heteroatoms. The van der Waals surface area contributed by atoms with Gasteiger partial charge in [-0.05, 0) is 44.2 Å². The average molecular weight is 362 g/mol. The zero-order valence-corrected chi connectivity index (χ0v) is 15.2. The minimum absolute atomic E-state index is 0.253.